The lowest BCUT2D eigenvalue weighted by Gasteiger charge is -2.24. The predicted octanol–water partition coefficient (Wildman–Crippen LogP) is 2.25. The molecule has 0 aliphatic rings. The molecule has 0 fully saturated rings. The Hall–Kier alpha value is -1.78. The van der Waals surface area contributed by atoms with Gasteiger partial charge >= 0.3 is 5.97 Å². The zero-order chi connectivity index (χ0) is 14.1. The van der Waals surface area contributed by atoms with Gasteiger partial charge in [0.15, 0.2) is 0 Å². The van der Waals surface area contributed by atoms with Gasteiger partial charge in [0, 0.05) is 11.2 Å². The molecule has 1 rings (SSSR count). The maximum atomic E-state index is 12.2. The number of aryl methyl sites for hydroxylation is 1. The molecule has 100 valence electrons. The summed E-state index contributed by atoms with van der Waals surface area (Å²) in [5, 5.41) is 11.9. The van der Waals surface area contributed by atoms with Crippen LogP contribution in [0.15, 0.2) is 0 Å². The van der Waals surface area contributed by atoms with Gasteiger partial charge in [-0.3, -0.25) is 4.79 Å². The predicted molar refractivity (Wildman–Crippen MR) is 69.1 cm³/mol. The van der Waals surface area contributed by atoms with Crippen LogP contribution in [0.5, 0.6) is 0 Å². The van der Waals surface area contributed by atoms with Gasteiger partial charge in [-0.15, -0.1) is 0 Å². The third-order valence-electron chi connectivity index (χ3n) is 3.21. The first-order valence-corrected chi connectivity index (χ1v) is 5.94. The zero-order valence-electron chi connectivity index (χ0n) is 11.5. The summed E-state index contributed by atoms with van der Waals surface area (Å²) in [6, 6.07) is 0. The number of H-pyrrole nitrogens is 1. The van der Waals surface area contributed by atoms with Crippen molar-refractivity contribution < 1.29 is 14.7 Å². The second kappa shape index (κ2) is 4.84. The van der Waals surface area contributed by atoms with Crippen LogP contribution in [0.2, 0.25) is 0 Å². The number of aromatic nitrogens is 1. The molecule has 0 unspecified atom stereocenters. The summed E-state index contributed by atoms with van der Waals surface area (Å²) < 4.78 is 0. The number of amides is 1. The van der Waals surface area contributed by atoms with Gasteiger partial charge < -0.3 is 15.4 Å². The van der Waals surface area contributed by atoms with Gasteiger partial charge in [-0.25, -0.2) is 4.79 Å². The molecule has 3 N–H and O–H groups in total. The maximum Gasteiger partial charge on any atom is 0.352 e. The topological polar surface area (TPSA) is 82.2 Å². The molecule has 0 saturated carbocycles. The first-order chi connectivity index (χ1) is 8.19. The van der Waals surface area contributed by atoms with Crippen molar-refractivity contribution in [1.29, 1.82) is 0 Å². The number of hydrogen-bond acceptors (Lipinski definition) is 2. The summed E-state index contributed by atoms with van der Waals surface area (Å²) in [5.41, 5.74) is 1.25. The molecule has 1 aromatic rings. The van der Waals surface area contributed by atoms with Crippen LogP contribution in [0.3, 0.4) is 0 Å². The van der Waals surface area contributed by atoms with Crippen LogP contribution in [0.1, 0.15) is 59.3 Å². The molecule has 0 radical (unpaired) electrons. The molecule has 0 aliphatic carbocycles. The number of nitrogens with one attached hydrogen (secondary N) is 2. The number of carboxylic acids is 1. The van der Waals surface area contributed by atoms with Gasteiger partial charge in [-0.1, -0.05) is 6.92 Å². The van der Waals surface area contributed by atoms with Crippen molar-refractivity contribution in [2.45, 2.75) is 46.6 Å². The fraction of sp³-hybridized carbons (Fsp3) is 0.538. The Morgan fingerprint density at radius 2 is 1.89 bits per heavy atom. The largest absolute Gasteiger partial charge is 0.477 e. The second-order valence-corrected chi connectivity index (χ2v) is 5.12. The highest BCUT2D eigenvalue weighted by Gasteiger charge is 2.25. The molecule has 0 aliphatic heterocycles. The lowest BCUT2D eigenvalue weighted by atomic mass is 10.0. The summed E-state index contributed by atoms with van der Waals surface area (Å²) in [6.45, 7) is 9.19. The minimum absolute atomic E-state index is 0.0759. The molecule has 0 bridgehead atoms. The molecule has 18 heavy (non-hydrogen) atoms. The van der Waals surface area contributed by atoms with Crippen LogP contribution in [-0.2, 0) is 0 Å². The maximum absolute atomic E-state index is 12.2. The van der Waals surface area contributed by atoms with Crippen molar-refractivity contribution in [3.8, 4) is 0 Å². The van der Waals surface area contributed by atoms with Gasteiger partial charge in [-0.05, 0) is 39.7 Å². The van der Waals surface area contributed by atoms with Crippen LogP contribution in [0.25, 0.3) is 0 Å². The number of aromatic amines is 1. The quantitative estimate of drug-likeness (QED) is 0.768. The Morgan fingerprint density at radius 1 is 1.33 bits per heavy atom. The lowest BCUT2D eigenvalue weighted by molar-refractivity contribution is 0.0690. The molecular weight excluding hydrogens is 232 g/mol. The zero-order valence-corrected chi connectivity index (χ0v) is 11.5. The average molecular weight is 252 g/mol. The summed E-state index contributed by atoms with van der Waals surface area (Å²) in [7, 11) is 0. The molecule has 1 aromatic heterocycles. The number of hydrogen-bond donors (Lipinski definition) is 3. The van der Waals surface area contributed by atoms with E-state index >= 15 is 0 Å². The van der Waals surface area contributed by atoms with Gasteiger partial charge in [0.05, 0.1) is 5.56 Å². The Morgan fingerprint density at radius 3 is 2.28 bits per heavy atom. The monoisotopic (exact) mass is 252 g/mol. The van der Waals surface area contributed by atoms with E-state index in [0.29, 0.717) is 16.8 Å². The summed E-state index contributed by atoms with van der Waals surface area (Å²) in [4.78, 5) is 25.9. The molecule has 0 atom stereocenters. The standard InChI is InChI=1S/C13H20N2O3/c1-6-13(4,5)15-11(16)9-7(2)10(12(17)18)14-8(9)3/h14H,6H2,1-5H3,(H,15,16)(H,17,18). The Kier molecular flexibility index (Phi) is 3.84. The fourth-order valence-electron chi connectivity index (χ4n) is 1.76. The second-order valence-electron chi connectivity index (χ2n) is 5.12. The molecule has 5 heteroatoms. The molecule has 0 aromatic carbocycles. The van der Waals surface area contributed by atoms with E-state index in [2.05, 4.69) is 10.3 Å². The van der Waals surface area contributed by atoms with Crippen LogP contribution in [-0.4, -0.2) is 27.5 Å². The summed E-state index contributed by atoms with van der Waals surface area (Å²) in [6.07, 6.45) is 0.799. The summed E-state index contributed by atoms with van der Waals surface area (Å²) in [5.74, 6) is -1.29. The number of rotatable bonds is 4. The SMILES string of the molecule is CCC(C)(C)NC(=O)c1c(C)[nH]c(C(=O)O)c1C. The van der Waals surface area contributed by atoms with Gasteiger partial charge in [0.2, 0.25) is 0 Å². The first-order valence-electron chi connectivity index (χ1n) is 5.94. The number of aromatic carboxylic acids is 1. The highest BCUT2D eigenvalue weighted by molar-refractivity contribution is 6.01. The van der Waals surface area contributed by atoms with E-state index in [1.807, 2.05) is 20.8 Å². The Labute approximate surface area is 107 Å². The molecule has 0 spiro atoms. The van der Waals surface area contributed by atoms with Crippen LogP contribution in [0.4, 0.5) is 0 Å². The highest BCUT2D eigenvalue weighted by atomic mass is 16.4. The normalized spacial score (nSPS) is 11.4. The van der Waals surface area contributed by atoms with E-state index in [1.165, 1.54) is 0 Å². The molecular formula is C13H20N2O3. The van der Waals surface area contributed by atoms with E-state index in [-0.39, 0.29) is 17.1 Å². The van der Waals surface area contributed by atoms with Gasteiger partial charge in [0.1, 0.15) is 5.69 Å². The van der Waals surface area contributed by atoms with Crippen molar-refractivity contribution in [1.82, 2.24) is 10.3 Å². The highest BCUT2D eigenvalue weighted by Crippen LogP contribution is 2.19. The molecule has 5 nitrogen and oxygen atoms in total. The third-order valence-corrected chi connectivity index (χ3v) is 3.21. The van der Waals surface area contributed by atoms with Crippen LogP contribution >= 0.6 is 0 Å². The van der Waals surface area contributed by atoms with Crippen molar-refractivity contribution in [2.24, 2.45) is 0 Å². The van der Waals surface area contributed by atoms with Crippen LogP contribution in [0, 0.1) is 13.8 Å². The minimum atomic E-state index is -1.05. The number of carboxylic acid groups (broad SMARTS) is 1. The smallest absolute Gasteiger partial charge is 0.352 e. The molecule has 1 amide bonds. The van der Waals surface area contributed by atoms with Crippen molar-refractivity contribution in [2.75, 3.05) is 0 Å². The third kappa shape index (κ3) is 2.72. The summed E-state index contributed by atoms with van der Waals surface area (Å²) >= 11 is 0. The minimum Gasteiger partial charge on any atom is -0.477 e. The molecule has 0 saturated heterocycles. The van der Waals surface area contributed by atoms with Crippen molar-refractivity contribution in [3.05, 3.63) is 22.5 Å². The van der Waals surface area contributed by atoms with E-state index < -0.39 is 5.97 Å². The fourth-order valence-corrected chi connectivity index (χ4v) is 1.76. The van der Waals surface area contributed by atoms with E-state index in [9.17, 15) is 9.59 Å². The first kappa shape index (κ1) is 14.3. The molecule has 1 heterocycles. The van der Waals surface area contributed by atoms with Crippen molar-refractivity contribution in [3.63, 3.8) is 0 Å². The van der Waals surface area contributed by atoms with E-state index in [1.54, 1.807) is 13.8 Å². The Balaban J connectivity index is 3.11. The van der Waals surface area contributed by atoms with Crippen molar-refractivity contribution >= 4 is 11.9 Å². The van der Waals surface area contributed by atoms with Crippen LogP contribution < -0.4 is 5.32 Å². The van der Waals surface area contributed by atoms with Gasteiger partial charge in [-0.2, -0.15) is 0 Å². The lowest BCUT2D eigenvalue weighted by Crippen LogP contribution is -2.43. The number of carbonyl (C=O) groups is 2. The van der Waals surface area contributed by atoms with E-state index in [4.69, 9.17) is 5.11 Å². The van der Waals surface area contributed by atoms with E-state index in [0.717, 1.165) is 6.42 Å². The number of carbonyl (C=O) groups excluding carboxylic acids is 1. The Bertz CT molecular complexity index is 487. The average Bonchev–Trinajstić information content (AvgIpc) is 2.53. The van der Waals surface area contributed by atoms with Gasteiger partial charge in [0.25, 0.3) is 5.91 Å².